The smallest absolute Gasteiger partial charge is 0.0642 e. The Morgan fingerprint density at radius 3 is 2.68 bits per heavy atom. The van der Waals surface area contributed by atoms with Crippen molar-refractivity contribution in [3.05, 3.63) is 30.0 Å². The van der Waals surface area contributed by atoms with Crippen LogP contribution < -0.4 is 10.2 Å². The molecule has 1 N–H and O–H groups in total. The lowest BCUT2D eigenvalue weighted by molar-refractivity contribution is 0.122. The molecule has 2 aliphatic rings. The van der Waals surface area contributed by atoms with Crippen LogP contribution in [0.2, 0.25) is 0 Å². The van der Waals surface area contributed by atoms with Gasteiger partial charge >= 0.3 is 0 Å². The SMILES string of the molecule is Cn1cc(C2CCNCC2)c2cc(N3CCOCC3)ccc21. The van der Waals surface area contributed by atoms with Crippen LogP contribution in [0.4, 0.5) is 5.69 Å². The van der Waals surface area contributed by atoms with Gasteiger partial charge < -0.3 is 19.5 Å². The summed E-state index contributed by atoms with van der Waals surface area (Å²) in [5.74, 6) is 0.699. The molecule has 1 aromatic heterocycles. The van der Waals surface area contributed by atoms with Crippen LogP contribution in [0, 0.1) is 0 Å². The third-order valence-corrected chi connectivity index (χ3v) is 5.16. The third-order valence-electron chi connectivity index (χ3n) is 5.16. The topological polar surface area (TPSA) is 29.4 Å². The number of rotatable bonds is 2. The highest BCUT2D eigenvalue weighted by Crippen LogP contribution is 2.34. The molecule has 3 heterocycles. The zero-order valence-electron chi connectivity index (χ0n) is 13.3. The summed E-state index contributed by atoms with van der Waals surface area (Å²) >= 11 is 0. The van der Waals surface area contributed by atoms with Gasteiger partial charge in [0.2, 0.25) is 0 Å². The van der Waals surface area contributed by atoms with Crippen molar-refractivity contribution in [3.8, 4) is 0 Å². The van der Waals surface area contributed by atoms with Crippen molar-refractivity contribution in [2.24, 2.45) is 7.05 Å². The highest BCUT2D eigenvalue weighted by atomic mass is 16.5. The highest BCUT2D eigenvalue weighted by molar-refractivity contribution is 5.88. The molecule has 0 saturated carbocycles. The Labute approximate surface area is 132 Å². The first kappa shape index (κ1) is 14.1. The summed E-state index contributed by atoms with van der Waals surface area (Å²) in [5, 5.41) is 4.92. The van der Waals surface area contributed by atoms with Gasteiger partial charge in [-0.2, -0.15) is 0 Å². The molecule has 2 saturated heterocycles. The molecular weight excluding hydrogens is 274 g/mol. The van der Waals surface area contributed by atoms with Gasteiger partial charge in [0.05, 0.1) is 13.2 Å². The van der Waals surface area contributed by atoms with E-state index in [2.05, 4.69) is 46.2 Å². The van der Waals surface area contributed by atoms with E-state index in [-0.39, 0.29) is 0 Å². The van der Waals surface area contributed by atoms with Crippen molar-refractivity contribution in [1.82, 2.24) is 9.88 Å². The predicted octanol–water partition coefficient (Wildman–Crippen LogP) is 2.48. The minimum Gasteiger partial charge on any atom is -0.378 e. The third kappa shape index (κ3) is 2.50. The van der Waals surface area contributed by atoms with Crippen LogP contribution in [-0.4, -0.2) is 44.0 Å². The Morgan fingerprint density at radius 1 is 1.14 bits per heavy atom. The maximum absolute atomic E-state index is 5.48. The van der Waals surface area contributed by atoms with Crippen LogP contribution in [0.1, 0.15) is 24.3 Å². The van der Waals surface area contributed by atoms with E-state index < -0.39 is 0 Å². The van der Waals surface area contributed by atoms with Gasteiger partial charge in [-0.15, -0.1) is 0 Å². The number of nitrogens with zero attached hydrogens (tertiary/aromatic N) is 2. The van der Waals surface area contributed by atoms with Gasteiger partial charge in [-0.3, -0.25) is 0 Å². The van der Waals surface area contributed by atoms with E-state index in [4.69, 9.17) is 4.74 Å². The number of aromatic nitrogens is 1. The number of ether oxygens (including phenoxy) is 1. The van der Waals surface area contributed by atoms with Gasteiger partial charge in [-0.05, 0) is 55.6 Å². The normalized spacial score (nSPS) is 20.7. The minimum absolute atomic E-state index is 0.699. The molecule has 0 radical (unpaired) electrons. The van der Waals surface area contributed by atoms with Crippen LogP contribution in [0.15, 0.2) is 24.4 Å². The van der Waals surface area contributed by atoms with Crippen LogP contribution in [0.5, 0.6) is 0 Å². The van der Waals surface area contributed by atoms with E-state index in [1.54, 1.807) is 0 Å². The van der Waals surface area contributed by atoms with E-state index in [0.717, 1.165) is 39.4 Å². The first-order valence-electron chi connectivity index (χ1n) is 8.45. The lowest BCUT2D eigenvalue weighted by atomic mass is 9.90. The maximum atomic E-state index is 5.48. The molecule has 118 valence electrons. The van der Waals surface area contributed by atoms with Crippen LogP contribution >= 0.6 is 0 Å². The number of anilines is 1. The number of morpholine rings is 1. The van der Waals surface area contributed by atoms with Crippen molar-refractivity contribution in [2.75, 3.05) is 44.3 Å². The molecule has 0 bridgehead atoms. The molecular formula is C18H25N3O. The summed E-state index contributed by atoms with van der Waals surface area (Å²) in [6.07, 6.45) is 4.85. The van der Waals surface area contributed by atoms with Crippen molar-refractivity contribution in [2.45, 2.75) is 18.8 Å². The summed E-state index contributed by atoms with van der Waals surface area (Å²) in [6.45, 7) is 5.97. The number of nitrogens with one attached hydrogen (secondary N) is 1. The van der Waals surface area contributed by atoms with Gasteiger partial charge in [0.1, 0.15) is 0 Å². The number of aryl methyl sites for hydroxylation is 1. The molecule has 4 nitrogen and oxygen atoms in total. The molecule has 0 spiro atoms. The second-order valence-electron chi connectivity index (χ2n) is 6.52. The van der Waals surface area contributed by atoms with Crippen LogP contribution in [0.25, 0.3) is 10.9 Å². The first-order chi connectivity index (χ1) is 10.8. The predicted molar refractivity (Wildman–Crippen MR) is 90.8 cm³/mol. The summed E-state index contributed by atoms with van der Waals surface area (Å²) in [6, 6.07) is 6.95. The number of fused-ring (bicyclic) bond motifs is 1. The summed E-state index contributed by atoms with van der Waals surface area (Å²) in [4.78, 5) is 2.45. The Balaban J connectivity index is 1.73. The summed E-state index contributed by atoms with van der Waals surface area (Å²) in [7, 11) is 2.17. The molecule has 2 aliphatic heterocycles. The van der Waals surface area contributed by atoms with E-state index in [9.17, 15) is 0 Å². The Morgan fingerprint density at radius 2 is 1.91 bits per heavy atom. The number of piperidine rings is 1. The average molecular weight is 299 g/mol. The van der Waals surface area contributed by atoms with Gasteiger partial charge in [0.25, 0.3) is 0 Å². The monoisotopic (exact) mass is 299 g/mol. The molecule has 0 atom stereocenters. The summed E-state index contributed by atoms with van der Waals surface area (Å²) in [5.41, 5.74) is 4.23. The maximum Gasteiger partial charge on any atom is 0.0642 e. The van der Waals surface area contributed by atoms with Crippen LogP contribution in [0.3, 0.4) is 0 Å². The standard InChI is InChI=1S/C18H25N3O/c1-20-13-17(14-4-6-19-7-5-14)16-12-15(2-3-18(16)20)21-8-10-22-11-9-21/h2-3,12-14,19H,4-11H2,1H3. The zero-order valence-corrected chi connectivity index (χ0v) is 13.3. The fraction of sp³-hybridized carbons (Fsp3) is 0.556. The molecule has 22 heavy (non-hydrogen) atoms. The lowest BCUT2D eigenvalue weighted by Crippen LogP contribution is -2.36. The summed E-state index contributed by atoms with van der Waals surface area (Å²) < 4.78 is 7.77. The van der Waals surface area contributed by atoms with Crippen molar-refractivity contribution in [1.29, 1.82) is 0 Å². The van der Waals surface area contributed by atoms with Gasteiger partial charge in [-0.25, -0.2) is 0 Å². The van der Waals surface area contributed by atoms with Crippen LogP contribution in [-0.2, 0) is 11.8 Å². The quantitative estimate of drug-likeness (QED) is 0.924. The average Bonchev–Trinajstić information content (AvgIpc) is 2.93. The fourth-order valence-corrected chi connectivity index (χ4v) is 3.89. The Hall–Kier alpha value is -1.52. The van der Waals surface area contributed by atoms with E-state index >= 15 is 0 Å². The van der Waals surface area contributed by atoms with Gasteiger partial charge in [0, 0.05) is 42.9 Å². The molecule has 0 amide bonds. The second kappa shape index (κ2) is 5.94. The van der Waals surface area contributed by atoms with E-state index in [1.165, 1.54) is 35.0 Å². The van der Waals surface area contributed by atoms with Crippen molar-refractivity contribution in [3.63, 3.8) is 0 Å². The van der Waals surface area contributed by atoms with E-state index in [1.807, 2.05) is 0 Å². The molecule has 0 unspecified atom stereocenters. The van der Waals surface area contributed by atoms with Gasteiger partial charge in [-0.1, -0.05) is 0 Å². The molecule has 2 fully saturated rings. The second-order valence-corrected chi connectivity index (χ2v) is 6.52. The molecule has 2 aromatic rings. The minimum atomic E-state index is 0.699. The van der Waals surface area contributed by atoms with Gasteiger partial charge in [0.15, 0.2) is 0 Å². The Kier molecular flexibility index (Phi) is 3.80. The highest BCUT2D eigenvalue weighted by Gasteiger charge is 2.20. The van der Waals surface area contributed by atoms with Crippen molar-refractivity contribution >= 4 is 16.6 Å². The number of hydrogen-bond acceptors (Lipinski definition) is 3. The fourth-order valence-electron chi connectivity index (χ4n) is 3.89. The van der Waals surface area contributed by atoms with E-state index in [0.29, 0.717) is 5.92 Å². The Bertz CT molecular complexity index is 652. The molecule has 4 heteroatoms. The largest absolute Gasteiger partial charge is 0.378 e. The zero-order chi connectivity index (χ0) is 14.9. The number of benzene rings is 1. The molecule has 0 aliphatic carbocycles. The number of hydrogen-bond donors (Lipinski definition) is 1. The first-order valence-corrected chi connectivity index (χ1v) is 8.45. The lowest BCUT2D eigenvalue weighted by Gasteiger charge is -2.29. The molecule has 4 rings (SSSR count). The molecule has 1 aromatic carbocycles. The van der Waals surface area contributed by atoms with Crippen molar-refractivity contribution < 1.29 is 4.74 Å².